The van der Waals surface area contributed by atoms with Gasteiger partial charge in [-0.05, 0) is 0 Å². The van der Waals surface area contributed by atoms with Crippen LogP contribution in [-0.4, -0.2) is 22.1 Å². The lowest BCUT2D eigenvalue weighted by Crippen LogP contribution is -2.21. The molecule has 0 bridgehead atoms. The topological polar surface area (TPSA) is 49.3 Å². The molecule has 3 nitrogen and oxygen atoms in total. The van der Waals surface area contributed by atoms with Crippen molar-refractivity contribution in [2.24, 2.45) is 0 Å². The Labute approximate surface area is 51.7 Å². The van der Waals surface area contributed by atoms with Gasteiger partial charge in [-0.3, -0.25) is 4.79 Å². The van der Waals surface area contributed by atoms with E-state index >= 15 is 0 Å². The molecule has 0 aromatic rings. The maximum absolute atomic E-state index is 10.3. The first-order valence-electron chi connectivity index (χ1n) is 2.22. The highest BCUT2D eigenvalue weighted by molar-refractivity contribution is 7.80. The van der Waals surface area contributed by atoms with E-state index in [0.717, 1.165) is 0 Å². The van der Waals surface area contributed by atoms with Crippen LogP contribution in [0.15, 0.2) is 0 Å². The SMILES string of the molecule is O=C1C[C@H](O)C(=S)N1. The van der Waals surface area contributed by atoms with Crippen molar-refractivity contribution in [3.63, 3.8) is 0 Å². The third kappa shape index (κ3) is 0.850. The molecular formula is C4H5NO2S. The van der Waals surface area contributed by atoms with E-state index in [-0.39, 0.29) is 17.3 Å². The normalized spacial score (nSPS) is 28.4. The first-order valence-corrected chi connectivity index (χ1v) is 2.63. The van der Waals surface area contributed by atoms with Gasteiger partial charge in [0.2, 0.25) is 5.91 Å². The summed E-state index contributed by atoms with van der Waals surface area (Å²) in [5.74, 6) is -0.192. The Morgan fingerprint density at radius 1 is 1.88 bits per heavy atom. The standard InChI is InChI=1S/C4H5NO2S/c6-2-1-3(7)5-4(2)8/h2,6H,1H2,(H,5,7,8)/t2-/m0/s1. The molecule has 1 aliphatic rings. The summed E-state index contributed by atoms with van der Waals surface area (Å²) in [6.45, 7) is 0. The molecule has 1 aliphatic heterocycles. The average molecular weight is 131 g/mol. The highest BCUT2D eigenvalue weighted by Gasteiger charge is 2.23. The van der Waals surface area contributed by atoms with Crippen molar-refractivity contribution in [2.45, 2.75) is 12.5 Å². The molecule has 0 spiro atoms. The highest BCUT2D eigenvalue weighted by atomic mass is 32.1. The van der Waals surface area contributed by atoms with Crippen molar-refractivity contribution in [1.29, 1.82) is 0 Å². The zero-order chi connectivity index (χ0) is 6.15. The first kappa shape index (κ1) is 5.65. The van der Waals surface area contributed by atoms with Crippen LogP contribution in [0, 0.1) is 0 Å². The third-order valence-corrected chi connectivity index (χ3v) is 1.32. The number of thiocarbonyl (C=S) groups is 1. The van der Waals surface area contributed by atoms with Crippen LogP contribution in [0.4, 0.5) is 0 Å². The lowest BCUT2D eigenvalue weighted by Gasteiger charge is -1.92. The van der Waals surface area contributed by atoms with E-state index in [2.05, 4.69) is 17.5 Å². The molecule has 1 heterocycles. The summed E-state index contributed by atoms with van der Waals surface area (Å²) in [7, 11) is 0. The van der Waals surface area contributed by atoms with E-state index in [9.17, 15) is 4.79 Å². The Morgan fingerprint density at radius 2 is 2.50 bits per heavy atom. The molecule has 1 fully saturated rings. The average Bonchev–Trinajstić information content (AvgIpc) is 1.85. The monoisotopic (exact) mass is 131 g/mol. The minimum Gasteiger partial charge on any atom is -0.385 e. The van der Waals surface area contributed by atoms with E-state index in [0.29, 0.717) is 0 Å². The molecule has 4 heteroatoms. The summed E-state index contributed by atoms with van der Waals surface area (Å²) in [5, 5.41) is 11.1. The van der Waals surface area contributed by atoms with Crippen molar-refractivity contribution in [3.05, 3.63) is 0 Å². The van der Waals surface area contributed by atoms with Crippen LogP contribution in [0.2, 0.25) is 0 Å². The van der Waals surface area contributed by atoms with E-state index in [1.807, 2.05) is 0 Å². The predicted octanol–water partition coefficient (Wildman–Crippen LogP) is -0.805. The van der Waals surface area contributed by atoms with E-state index in [1.54, 1.807) is 0 Å². The number of aliphatic hydroxyl groups is 1. The second-order valence-corrected chi connectivity index (χ2v) is 2.07. The van der Waals surface area contributed by atoms with Gasteiger partial charge in [-0.2, -0.15) is 0 Å². The first-order chi connectivity index (χ1) is 3.70. The second kappa shape index (κ2) is 1.80. The molecule has 0 aliphatic carbocycles. The van der Waals surface area contributed by atoms with Crippen molar-refractivity contribution in [1.82, 2.24) is 5.32 Å². The molecule has 1 amide bonds. The molecule has 0 aromatic carbocycles. The fraction of sp³-hybridized carbons (Fsp3) is 0.500. The number of aliphatic hydroxyl groups excluding tert-OH is 1. The summed E-state index contributed by atoms with van der Waals surface area (Å²) in [6.07, 6.45) is -0.615. The van der Waals surface area contributed by atoms with E-state index < -0.39 is 6.10 Å². The molecule has 1 saturated heterocycles. The van der Waals surface area contributed by atoms with Crippen molar-refractivity contribution in [3.8, 4) is 0 Å². The molecule has 1 atom stereocenters. The molecule has 1 rings (SSSR count). The fourth-order valence-corrected chi connectivity index (χ4v) is 0.737. The third-order valence-electron chi connectivity index (χ3n) is 0.944. The maximum atomic E-state index is 10.3. The number of nitrogens with one attached hydrogen (secondary N) is 1. The highest BCUT2D eigenvalue weighted by Crippen LogP contribution is 2.00. The number of carbonyl (C=O) groups is 1. The van der Waals surface area contributed by atoms with Gasteiger partial charge in [-0.1, -0.05) is 12.2 Å². The van der Waals surface area contributed by atoms with Gasteiger partial charge in [-0.25, -0.2) is 0 Å². The maximum Gasteiger partial charge on any atom is 0.227 e. The fourth-order valence-electron chi connectivity index (χ4n) is 0.540. The summed E-state index contributed by atoms with van der Waals surface area (Å²) in [4.78, 5) is 10.6. The van der Waals surface area contributed by atoms with Crippen LogP contribution in [0.1, 0.15) is 6.42 Å². The lowest BCUT2D eigenvalue weighted by molar-refractivity contribution is -0.119. The smallest absolute Gasteiger partial charge is 0.227 e. The van der Waals surface area contributed by atoms with Crippen molar-refractivity contribution >= 4 is 23.1 Å². The van der Waals surface area contributed by atoms with Gasteiger partial charge in [0.25, 0.3) is 0 Å². The number of carbonyl (C=O) groups excluding carboxylic acids is 1. The number of hydrogen-bond donors (Lipinski definition) is 2. The summed E-state index contributed by atoms with van der Waals surface area (Å²) in [5.41, 5.74) is 0. The van der Waals surface area contributed by atoms with Gasteiger partial charge in [0.05, 0.1) is 6.42 Å². The Balaban J connectivity index is 2.64. The Morgan fingerprint density at radius 3 is 2.62 bits per heavy atom. The molecule has 2 N–H and O–H groups in total. The van der Waals surface area contributed by atoms with Gasteiger partial charge < -0.3 is 10.4 Å². The minimum absolute atomic E-state index is 0.124. The van der Waals surface area contributed by atoms with Gasteiger partial charge in [0, 0.05) is 0 Å². The summed E-state index contributed by atoms with van der Waals surface area (Å²) < 4.78 is 0. The number of rotatable bonds is 0. The largest absolute Gasteiger partial charge is 0.385 e. The molecule has 0 radical (unpaired) electrons. The van der Waals surface area contributed by atoms with E-state index in [4.69, 9.17) is 5.11 Å². The van der Waals surface area contributed by atoms with Crippen LogP contribution in [0.25, 0.3) is 0 Å². The molecule has 0 aromatic heterocycles. The number of amides is 1. The Bertz CT molecular complexity index is 145. The molecular weight excluding hydrogens is 126 g/mol. The van der Waals surface area contributed by atoms with E-state index in [1.165, 1.54) is 0 Å². The molecule has 0 saturated carbocycles. The van der Waals surface area contributed by atoms with Gasteiger partial charge in [0.1, 0.15) is 11.1 Å². The van der Waals surface area contributed by atoms with Crippen LogP contribution in [0.3, 0.4) is 0 Å². The zero-order valence-electron chi connectivity index (χ0n) is 4.05. The van der Waals surface area contributed by atoms with Crippen molar-refractivity contribution < 1.29 is 9.90 Å². The van der Waals surface area contributed by atoms with Crippen LogP contribution in [0.5, 0.6) is 0 Å². The molecule has 44 valence electrons. The minimum atomic E-state index is -0.738. The predicted molar refractivity (Wildman–Crippen MR) is 31.4 cm³/mol. The lowest BCUT2D eigenvalue weighted by atomic mass is 10.3. The Hall–Kier alpha value is -0.480. The zero-order valence-corrected chi connectivity index (χ0v) is 4.86. The van der Waals surface area contributed by atoms with Crippen molar-refractivity contribution in [2.75, 3.05) is 0 Å². The van der Waals surface area contributed by atoms with Crippen LogP contribution >= 0.6 is 12.2 Å². The summed E-state index contributed by atoms with van der Waals surface area (Å²) >= 11 is 4.54. The quantitative estimate of drug-likeness (QED) is 0.423. The summed E-state index contributed by atoms with van der Waals surface area (Å²) in [6, 6.07) is 0. The van der Waals surface area contributed by atoms with Crippen LogP contribution in [-0.2, 0) is 4.79 Å². The number of hydrogen-bond acceptors (Lipinski definition) is 3. The Kier molecular flexibility index (Phi) is 1.27. The van der Waals surface area contributed by atoms with Gasteiger partial charge >= 0.3 is 0 Å². The second-order valence-electron chi connectivity index (χ2n) is 1.63. The molecule has 8 heavy (non-hydrogen) atoms. The van der Waals surface area contributed by atoms with Gasteiger partial charge in [0.15, 0.2) is 0 Å². The van der Waals surface area contributed by atoms with Gasteiger partial charge in [-0.15, -0.1) is 0 Å². The molecule has 0 unspecified atom stereocenters. The van der Waals surface area contributed by atoms with Crippen LogP contribution < -0.4 is 5.32 Å².